The summed E-state index contributed by atoms with van der Waals surface area (Å²) in [6.45, 7) is 6.23. The smallest absolute Gasteiger partial charge is 0.132 e. The Morgan fingerprint density at radius 1 is 1.24 bits per heavy atom. The van der Waals surface area contributed by atoms with Crippen molar-refractivity contribution in [3.8, 4) is 11.3 Å². The van der Waals surface area contributed by atoms with Gasteiger partial charge in [-0.15, -0.1) is 0 Å². The van der Waals surface area contributed by atoms with E-state index in [9.17, 15) is 0 Å². The zero-order valence-corrected chi connectivity index (χ0v) is 11.7. The Morgan fingerprint density at radius 2 is 2.00 bits per heavy atom. The Morgan fingerprint density at radius 3 is 2.65 bits per heavy atom. The molecule has 0 N–H and O–H groups in total. The normalized spacial score (nSPS) is 10.9. The third-order valence-electron chi connectivity index (χ3n) is 2.54. The molecule has 0 bridgehead atoms. The summed E-state index contributed by atoms with van der Waals surface area (Å²) in [7, 11) is 0. The molecule has 2 aromatic rings. The molecule has 0 aliphatic rings. The molecule has 0 unspecified atom stereocenters. The summed E-state index contributed by atoms with van der Waals surface area (Å²) in [4.78, 5) is 13.1. The van der Waals surface area contributed by atoms with Crippen LogP contribution in [-0.2, 0) is 0 Å². The number of hydrogen-bond acceptors (Lipinski definition) is 3. The molecule has 0 fully saturated rings. The standard InChI is InChI=1S/C13H14BrN3/c1-8(2)13-16-11(6-12(14)17-13)10-7-15-5-4-9(10)3/h4-8H,1-3H3. The van der Waals surface area contributed by atoms with Crippen LogP contribution in [0.15, 0.2) is 29.1 Å². The lowest BCUT2D eigenvalue weighted by Gasteiger charge is -2.09. The van der Waals surface area contributed by atoms with Crippen molar-refractivity contribution in [3.63, 3.8) is 0 Å². The second-order valence-electron chi connectivity index (χ2n) is 4.28. The minimum absolute atomic E-state index is 0.309. The van der Waals surface area contributed by atoms with Crippen molar-refractivity contribution in [3.05, 3.63) is 40.5 Å². The molecule has 0 saturated heterocycles. The van der Waals surface area contributed by atoms with Gasteiger partial charge in [0.05, 0.1) is 5.69 Å². The Hall–Kier alpha value is -1.29. The zero-order chi connectivity index (χ0) is 12.4. The average molecular weight is 292 g/mol. The van der Waals surface area contributed by atoms with Gasteiger partial charge in [0, 0.05) is 23.9 Å². The van der Waals surface area contributed by atoms with Gasteiger partial charge in [-0.05, 0) is 40.5 Å². The van der Waals surface area contributed by atoms with Crippen LogP contribution in [0.2, 0.25) is 0 Å². The van der Waals surface area contributed by atoms with Crippen LogP contribution in [0, 0.1) is 6.92 Å². The highest BCUT2D eigenvalue weighted by Crippen LogP contribution is 2.24. The minimum Gasteiger partial charge on any atom is -0.264 e. The maximum absolute atomic E-state index is 4.58. The SMILES string of the molecule is Cc1ccncc1-c1cc(Br)nc(C(C)C)n1. The molecule has 2 aromatic heterocycles. The molecule has 0 aliphatic heterocycles. The fraction of sp³-hybridized carbons (Fsp3) is 0.308. The molecule has 0 aliphatic carbocycles. The first-order chi connectivity index (χ1) is 8.08. The number of aryl methyl sites for hydroxylation is 1. The van der Waals surface area contributed by atoms with Crippen LogP contribution >= 0.6 is 15.9 Å². The lowest BCUT2D eigenvalue weighted by atomic mass is 10.1. The predicted octanol–water partition coefficient (Wildman–Crippen LogP) is 3.73. The highest BCUT2D eigenvalue weighted by Gasteiger charge is 2.09. The lowest BCUT2D eigenvalue weighted by molar-refractivity contribution is 0.771. The fourth-order valence-electron chi connectivity index (χ4n) is 1.56. The lowest BCUT2D eigenvalue weighted by Crippen LogP contribution is -2.00. The van der Waals surface area contributed by atoms with Gasteiger partial charge in [-0.25, -0.2) is 9.97 Å². The van der Waals surface area contributed by atoms with E-state index >= 15 is 0 Å². The minimum atomic E-state index is 0.309. The molecule has 2 heterocycles. The maximum atomic E-state index is 4.58. The quantitative estimate of drug-likeness (QED) is 0.792. The zero-order valence-electron chi connectivity index (χ0n) is 10.1. The van der Waals surface area contributed by atoms with E-state index in [1.807, 2.05) is 18.3 Å². The van der Waals surface area contributed by atoms with Gasteiger partial charge in [-0.2, -0.15) is 0 Å². The highest BCUT2D eigenvalue weighted by molar-refractivity contribution is 9.10. The summed E-state index contributed by atoms with van der Waals surface area (Å²) < 4.78 is 0.814. The first kappa shape index (κ1) is 12.2. The molecule has 88 valence electrons. The van der Waals surface area contributed by atoms with E-state index in [4.69, 9.17) is 0 Å². The topological polar surface area (TPSA) is 38.7 Å². The molecule has 4 heteroatoms. The van der Waals surface area contributed by atoms with Crippen molar-refractivity contribution >= 4 is 15.9 Å². The van der Waals surface area contributed by atoms with E-state index in [2.05, 4.69) is 51.7 Å². The van der Waals surface area contributed by atoms with Crippen LogP contribution in [0.5, 0.6) is 0 Å². The molecule has 2 rings (SSSR count). The highest BCUT2D eigenvalue weighted by atomic mass is 79.9. The van der Waals surface area contributed by atoms with Gasteiger partial charge in [0.1, 0.15) is 10.4 Å². The van der Waals surface area contributed by atoms with Crippen molar-refractivity contribution in [2.75, 3.05) is 0 Å². The van der Waals surface area contributed by atoms with Crippen LogP contribution in [0.25, 0.3) is 11.3 Å². The Labute approximate surface area is 109 Å². The Bertz CT molecular complexity index is 538. The largest absolute Gasteiger partial charge is 0.264 e. The fourth-order valence-corrected chi connectivity index (χ4v) is 1.96. The number of nitrogens with zero attached hydrogens (tertiary/aromatic N) is 3. The van der Waals surface area contributed by atoms with Crippen molar-refractivity contribution in [2.24, 2.45) is 0 Å². The monoisotopic (exact) mass is 291 g/mol. The summed E-state index contributed by atoms with van der Waals surface area (Å²) in [6.07, 6.45) is 3.63. The van der Waals surface area contributed by atoms with Crippen LogP contribution in [-0.4, -0.2) is 15.0 Å². The third kappa shape index (κ3) is 2.69. The van der Waals surface area contributed by atoms with Gasteiger partial charge < -0.3 is 0 Å². The van der Waals surface area contributed by atoms with Gasteiger partial charge in [0.25, 0.3) is 0 Å². The van der Waals surface area contributed by atoms with Crippen LogP contribution in [0.1, 0.15) is 31.2 Å². The van der Waals surface area contributed by atoms with Gasteiger partial charge in [-0.3, -0.25) is 4.98 Å². The van der Waals surface area contributed by atoms with Gasteiger partial charge >= 0.3 is 0 Å². The number of rotatable bonds is 2. The molecule has 17 heavy (non-hydrogen) atoms. The summed E-state index contributed by atoms with van der Waals surface area (Å²) in [5.74, 6) is 1.15. The van der Waals surface area contributed by atoms with E-state index in [-0.39, 0.29) is 0 Å². The molecular weight excluding hydrogens is 278 g/mol. The predicted molar refractivity (Wildman–Crippen MR) is 71.8 cm³/mol. The van der Waals surface area contributed by atoms with E-state index in [1.165, 1.54) is 5.56 Å². The second-order valence-corrected chi connectivity index (χ2v) is 5.09. The molecule has 0 spiro atoms. The number of aromatic nitrogens is 3. The van der Waals surface area contributed by atoms with E-state index in [1.54, 1.807) is 6.20 Å². The maximum Gasteiger partial charge on any atom is 0.132 e. The van der Waals surface area contributed by atoms with E-state index in [0.29, 0.717) is 5.92 Å². The van der Waals surface area contributed by atoms with Crippen LogP contribution < -0.4 is 0 Å². The molecule has 0 aromatic carbocycles. The number of pyridine rings is 1. The molecule has 0 atom stereocenters. The molecule has 3 nitrogen and oxygen atoms in total. The van der Waals surface area contributed by atoms with Crippen LogP contribution in [0.4, 0.5) is 0 Å². The van der Waals surface area contributed by atoms with Gasteiger partial charge in [-0.1, -0.05) is 13.8 Å². The molecule has 0 saturated carbocycles. The third-order valence-corrected chi connectivity index (χ3v) is 2.95. The second kappa shape index (κ2) is 4.92. The Kier molecular flexibility index (Phi) is 3.52. The first-order valence-corrected chi connectivity index (χ1v) is 6.32. The number of halogens is 1. The summed E-state index contributed by atoms with van der Waals surface area (Å²) in [5, 5.41) is 0. The van der Waals surface area contributed by atoms with Crippen molar-refractivity contribution in [1.82, 2.24) is 15.0 Å². The van der Waals surface area contributed by atoms with Gasteiger partial charge in [0.2, 0.25) is 0 Å². The summed E-state index contributed by atoms with van der Waals surface area (Å²) in [6, 6.07) is 3.91. The van der Waals surface area contributed by atoms with Crippen molar-refractivity contribution in [1.29, 1.82) is 0 Å². The van der Waals surface area contributed by atoms with Gasteiger partial charge in [0.15, 0.2) is 0 Å². The van der Waals surface area contributed by atoms with Crippen LogP contribution in [0.3, 0.4) is 0 Å². The van der Waals surface area contributed by atoms with E-state index in [0.717, 1.165) is 21.7 Å². The molecule has 0 amide bonds. The summed E-state index contributed by atoms with van der Waals surface area (Å²) >= 11 is 3.43. The van der Waals surface area contributed by atoms with E-state index < -0.39 is 0 Å². The Balaban J connectivity index is 2.56. The summed E-state index contributed by atoms with van der Waals surface area (Å²) in [5.41, 5.74) is 3.14. The molecule has 0 radical (unpaired) electrons. The van der Waals surface area contributed by atoms with Crippen molar-refractivity contribution in [2.45, 2.75) is 26.7 Å². The van der Waals surface area contributed by atoms with Crippen molar-refractivity contribution < 1.29 is 0 Å². The first-order valence-electron chi connectivity index (χ1n) is 5.53. The number of hydrogen-bond donors (Lipinski definition) is 0. The average Bonchev–Trinajstić information content (AvgIpc) is 2.28. The molecular formula is C13H14BrN3.